The van der Waals surface area contributed by atoms with Crippen molar-refractivity contribution < 1.29 is 0 Å². The molecule has 2 heterocycles. The van der Waals surface area contributed by atoms with Gasteiger partial charge in [-0.1, -0.05) is 0 Å². The molecule has 15 heavy (non-hydrogen) atoms. The first-order chi connectivity index (χ1) is 7.32. The summed E-state index contributed by atoms with van der Waals surface area (Å²) in [4.78, 5) is 8.52. The van der Waals surface area contributed by atoms with Crippen molar-refractivity contribution in [3.63, 3.8) is 0 Å². The third kappa shape index (κ3) is 1.28. The lowest BCUT2D eigenvalue weighted by molar-refractivity contribution is 0.131. The summed E-state index contributed by atoms with van der Waals surface area (Å²) in [6.45, 7) is 1.11. The molecule has 2 fully saturated rings. The molecule has 3 N–H and O–H groups in total. The van der Waals surface area contributed by atoms with Gasteiger partial charge in [-0.3, -0.25) is 9.97 Å². The van der Waals surface area contributed by atoms with E-state index in [1.165, 1.54) is 12.8 Å². The molecule has 3 unspecified atom stereocenters. The molecule has 1 aliphatic heterocycles. The van der Waals surface area contributed by atoms with Crippen LogP contribution in [0.4, 0.5) is 0 Å². The minimum Gasteiger partial charge on any atom is -0.327 e. The first kappa shape index (κ1) is 9.24. The van der Waals surface area contributed by atoms with Gasteiger partial charge in [0.05, 0.1) is 5.69 Å². The van der Waals surface area contributed by atoms with Crippen LogP contribution in [0.15, 0.2) is 18.6 Å². The fourth-order valence-corrected chi connectivity index (χ4v) is 3.16. The summed E-state index contributed by atoms with van der Waals surface area (Å²) in [5.41, 5.74) is 7.38. The predicted octanol–water partition coefficient (Wildman–Crippen LogP) is 0.413. The van der Waals surface area contributed by atoms with E-state index in [2.05, 4.69) is 15.3 Å². The fourth-order valence-electron chi connectivity index (χ4n) is 3.16. The molecular formula is C11H16N4. The first-order valence-corrected chi connectivity index (χ1v) is 5.58. The van der Waals surface area contributed by atoms with E-state index in [-0.39, 0.29) is 11.6 Å². The molecule has 0 amide bonds. The van der Waals surface area contributed by atoms with Crippen LogP contribution in [-0.4, -0.2) is 28.1 Å². The van der Waals surface area contributed by atoms with Crippen molar-refractivity contribution >= 4 is 0 Å². The second-order valence-corrected chi connectivity index (χ2v) is 4.66. The third-order valence-electron chi connectivity index (χ3n) is 3.80. The van der Waals surface area contributed by atoms with Crippen LogP contribution in [0, 0.1) is 0 Å². The molecule has 0 bridgehead atoms. The Labute approximate surface area is 89.3 Å². The Morgan fingerprint density at radius 2 is 2.40 bits per heavy atom. The standard InChI is InChI=1S/C11H16N4/c12-8-6-11(2-1-3-15-11)10(8)9-7-13-4-5-14-9/h4-5,7-8,10,15H,1-3,6,12H2. The van der Waals surface area contributed by atoms with Crippen molar-refractivity contribution in [2.75, 3.05) is 6.54 Å². The molecule has 1 aliphatic carbocycles. The summed E-state index contributed by atoms with van der Waals surface area (Å²) in [6, 6.07) is 0.243. The zero-order valence-corrected chi connectivity index (χ0v) is 8.69. The van der Waals surface area contributed by atoms with Crippen LogP contribution in [0.1, 0.15) is 30.9 Å². The average Bonchev–Trinajstić information content (AvgIpc) is 2.69. The highest BCUT2D eigenvalue weighted by Crippen LogP contribution is 2.48. The summed E-state index contributed by atoms with van der Waals surface area (Å²) in [7, 11) is 0. The normalized spacial score (nSPS) is 39.3. The number of hydrogen-bond donors (Lipinski definition) is 2. The van der Waals surface area contributed by atoms with Crippen LogP contribution in [-0.2, 0) is 0 Å². The fraction of sp³-hybridized carbons (Fsp3) is 0.636. The van der Waals surface area contributed by atoms with Crippen LogP contribution in [0.3, 0.4) is 0 Å². The van der Waals surface area contributed by atoms with Gasteiger partial charge in [0.2, 0.25) is 0 Å². The van der Waals surface area contributed by atoms with Crippen LogP contribution >= 0.6 is 0 Å². The third-order valence-corrected chi connectivity index (χ3v) is 3.80. The zero-order chi connectivity index (χ0) is 10.3. The highest BCUT2D eigenvalue weighted by molar-refractivity contribution is 5.26. The average molecular weight is 204 g/mol. The lowest BCUT2D eigenvalue weighted by Crippen LogP contribution is -2.64. The van der Waals surface area contributed by atoms with Crippen LogP contribution in [0.2, 0.25) is 0 Å². The molecule has 80 valence electrons. The Balaban J connectivity index is 1.91. The molecule has 2 aliphatic rings. The first-order valence-electron chi connectivity index (χ1n) is 5.58. The maximum absolute atomic E-state index is 6.10. The molecule has 1 aromatic heterocycles. The Hall–Kier alpha value is -1.00. The molecule has 1 saturated carbocycles. The second-order valence-electron chi connectivity index (χ2n) is 4.66. The minimum absolute atomic E-state index is 0.232. The molecule has 1 spiro atoms. The predicted molar refractivity (Wildman–Crippen MR) is 57.3 cm³/mol. The van der Waals surface area contributed by atoms with Crippen LogP contribution < -0.4 is 11.1 Å². The van der Waals surface area contributed by atoms with E-state index in [1.54, 1.807) is 12.4 Å². The van der Waals surface area contributed by atoms with E-state index in [1.807, 2.05) is 6.20 Å². The molecule has 4 nitrogen and oxygen atoms in total. The largest absolute Gasteiger partial charge is 0.327 e. The zero-order valence-electron chi connectivity index (χ0n) is 8.69. The molecular weight excluding hydrogens is 188 g/mol. The lowest BCUT2D eigenvalue weighted by Gasteiger charge is -2.51. The van der Waals surface area contributed by atoms with E-state index >= 15 is 0 Å². The van der Waals surface area contributed by atoms with Gasteiger partial charge in [0.25, 0.3) is 0 Å². The molecule has 0 radical (unpaired) electrons. The highest BCUT2D eigenvalue weighted by Gasteiger charge is 2.54. The second kappa shape index (κ2) is 3.25. The maximum atomic E-state index is 6.10. The smallest absolute Gasteiger partial charge is 0.0651 e. The van der Waals surface area contributed by atoms with Crippen LogP contribution in [0.5, 0.6) is 0 Å². The lowest BCUT2D eigenvalue weighted by atomic mass is 9.61. The van der Waals surface area contributed by atoms with Crippen molar-refractivity contribution in [2.45, 2.75) is 36.8 Å². The summed E-state index contributed by atoms with van der Waals surface area (Å²) >= 11 is 0. The number of aromatic nitrogens is 2. The van der Waals surface area contributed by atoms with Crippen molar-refractivity contribution in [1.82, 2.24) is 15.3 Å². The minimum atomic E-state index is 0.232. The summed E-state index contributed by atoms with van der Waals surface area (Å²) < 4.78 is 0. The molecule has 1 saturated heterocycles. The number of nitrogens with one attached hydrogen (secondary N) is 1. The van der Waals surface area contributed by atoms with E-state index in [9.17, 15) is 0 Å². The van der Waals surface area contributed by atoms with E-state index in [0.717, 1.165) is 18.7 Å². The van der Waals surface area contributed by atoms with Gasteiger partial charge in [0, 0.05) is 36.1 Å². The SMILES string of the molecule is NC1CC2(CCCN2)C1c1cnccn1. The van der Waals surface area contributed by atoms with Crippen molar-refractivity contribution in [1.29, 1.82) is 0 Å². The number of rotatable bonds is 1. The monoisotopic (exact) mass is 204 g/mol. The molecule has 3 rings (SSSR count). The maximum Gasteiger partial charge on any atom is 0.0651 e. The van der Waals surface area contributed by atoms with Gasteiger partial charge in [-0.15, -0.1) is 0 Å². The quantitative estimate of drug-likeness (QED) is 0.695. The molecule has 1 aromatic rings. The van der Waals surface area contributed by atoms with Crippen molar-refractivity contribution in [2.24, 2.45) is 5.73 Å². The topological polar surface area (TPSA) is 63.8 Å². The van der Waals surface area contributed by atoms with Gasteiger partial charge < -0.3 is 11.1 Å². The van der Waals surface area contributed by atoms with Gasteiger partial charge in [-0.05, 0) is 25.8 Å². The highest BCUT2D eigenvalue weighted by atomic mass is 15.1. The Morgan fingerprint density at radius 3 is 3.00 bits per heavy atom. The van der Waals surface area contributed by atoms with Gasteiger partial charge in [0.15, 0.2) is 0 Å². The Bertz CT molecular complexity index is 345. The van der Waals surface area contributed by atoms with E-state index in [4.69, 9.17) is 5.73 Å². The van der Waals surface area contributed by atoms with Gasteiger partial charge >= 0.3 is 0 Å². The Morgan fingerprint density at radius 1 is 1.47 bits per heavy atom. The van der Waals surface area contributed by atoms with Crippen LogP contribution in [0.25, 0.3) is 0 Å². The summed E-state index contributed by atoms with van der Waals surface area (Å²) in [6.07, 6.45) is 8.87. The number of hydrogen-bond acceptors (Lipinski definition) is 4. The summed E-state index contributed by atoms with van der Waals surface area (Å²) in [5.74, 6) is 0.355. The Kier molecular flexibility index (Phi) is 2.00. The van der Waals surface area contributed by atoms with E-state index in [0.29, 0.717) is 5.92 Å². The van der Waals surface area contributed by atoms with Gasteiger partial charge in [-0.2, -0.15) is 0 Å². The molecule has 4 heteroatoms. The summed E-state index contributed by atoms with van der Waals surface area (Å²) in [5, 5.41) is 3.60. The van der Waals surface area contributed by atoms with Crippen molar-refractivity contribution in [3.05, 3.63) is 24.3 Å². The number of nitrogens with two attached hydrogens (primary N) is 1. The van der Waals surface area contributed by atoms with Gasteiger partial charge in [-0.25, -0.2) is 0 Å². The van der Waals surface area contributed by atoms with E-state index < -0.39 is 0 Å². The molecule has 0 aromatic carbocycles. The molecule has 3 atom stereocenters. The van der Waals surface area contributed by atoms with Gasteiger partial charge in [0.1, 0.15) is 0 Å². The van der Waals surface area contributed by atoms with Crippen molar-refractivity contribution in [3.8, 4) is 0 Å². The number of nitrogens with zero attached hydrogens (tertiary/aromatic N) is 2.